The fraction of sp³-hybridized carbons (Fsp3) is 0.600. The Morgan fingerprint density at radius 3 is 2.17 bits per heavy atom. The summed E-state index contributed by atoms with van der Waals surface area (Å²) in [6.07, 6.45) is 3.19. The summed E-state index contributed by atoms with van der Waals surface area (Å²) >= 11 is 0. The van der Waals surface area contributed by atoms with E-state index >= 15 is 0 Å². The third-order valence-corrected chi connectivity index (χ3v) is 1.77. The Bertz CT molecular complexity index is 212. The van der Waals surface area contributed by atoms with Crippen LogP contribution in [0.1, 0.15) is 34.1 Å². The Labute approximate surface area is 73.7 Å². The zero-order valence-corrected chi connectivity index (χ0v) is 8.18. The normalized spacial score (nSPS) is 12.8. The molecule has 0 aromatic heterocycles. The van der Waals surface area contributed by atoms with Gasteiger partial charge in [-0.15, -0.1) is 0 Å². The molecule has 0 saturated heterocycles. The molecule has 2 nitrogen and oxygen atoms in total. The van der Waals surface area contributed by atoms with Gasteiger partial charge in [0.1, 0.15) is 6.29 Å². The van der Waals surface area contributed by atoms with E-state index < -0.39 is 5.41 Å². The van der Waals surface area contributed by atoms with Gasteiger partial charge in [0.05, 0.1) is 0 Å². The lowest BCUT2D eigenvalue weighted by atomic mass is 9.86. The van der Waals surface area contributed by atoms with Crippen LogP contribution in [0.25, 0.3) is 0 Å². The molecule has 0 saturated carbocycles. The lowest BCUT2D eigenvalue weighted by Gasteiger charge is -2.16. The minimum absolute atomic E-state index is 0.0485. The highest BCUT2D eigenvalue weighted by molar-refractivity contribution is 5.93. The molecule has 0 amide bonds. The topological polar surface area (TPSA) is 34.1 Å². The van der Waals surface area contributed by atoms with E-state index in [2.05, 4.69) is 0 Å². The molecule has 0 bridgehead atoms. The molecule has 0 heterocycles. The summed E-state index contributed by atoms with van der Waals surface area (Å²) in [6, 6.07) is 0. The average Bonchev–Trinajstić information content (AvgIpc) is 2.00. The second-order valence-corrected chi connectivity index (χ2v) is 3.65. The van der Waals surface area contributed by atoms with E-state index in [9.17, 15) is 9.59 Å². The van der Waals surface area contributed by atoms with Crippen molar-refractivity contribution in [2.75, 3.05) is 0 Å². The van der Waals surface area contributed by atoms with Gasteiger partial charge >= 0.3 is 0 Å². The summed E-state index contributed by atoms with van der Waals surface area (Å²) < 4.78 is 0. The maximum Gasteiger partial charge on any atom is 0.155 e. The highest BCUT2D eigenvalue weighted by Gasteiger charge is 2.19. The van der Waals surface area contributed by atoms with Crippen LogP contribution in [0.15, 0.2) is 11.6 Å². The van der Waals surface area contributed by atoms with Crippen LogP contribution in [-0.2, 0) is 9.59 Å². The SMILES string of the molecule is CC=C(CC(C)(C)C=O)C(C)=O. The fourth-order valence-electron chi connectivity index (χ4n) is 0.962. The first kappa shape index (κ1) is 11.1. The standard InChI is InChI=1S/C10H16O2/c1-5-9(8(2)12)6-10(3,4)7-11/h5,7H,6H2,1-4H3. The van der Waals surface area contributed by atoms with Crippen molar-refractivity contribution in [1.29, 1.82) is 0 Å². The first-order chi connectivity index (χ1) is 5.43. The van der Waals surface area contributed by atoms with Crippen molar-refractivity contribution < 1.29 is 9.59 Å². The van der Waals surface area contributed by atoms with Crippen molar-refractivity contribution in [3.05, 3.63) is 11.6 Å². The summed E-state index contributed by atoms with van der Waals surface area (Å²) in [4.78, 5) is 21.5. The number of hydrogen-bond donors (Lipinski definition) is 0. The van der Waals surface area contributed by atoms with E-state index in [4.69, 9.17) is 0 Å². The van der Waals surface area contributed by atoms with Gasteiger partial charge in [-0.25, -0.2) is 0 Å². The smallest absolute Gasteiger partial charge is 0.155 e. The lowest BCUT2D eigenvalue weighted by Crippen LogP contribution is -2.16. The number of allylic oxidation sites excluding steroid dienone is 2. The number of aldehydes is 1. The molecule has 0 unspecified atom stereocenters. The van der Waals surface area contributed by atoms with Crippen molar-refractivity contribution in [3.63, 3.8) is 0 Å². The minimum Gasteiger partial charge on any atom is -0.303 e. The number of carbonyl (C=O) groups is 2. The van der Waals surface area contributed by atoms with Crippen molar-refractivity contribution >= 4 is 12.1 Å². The highest BCUT2D eigenvalue weighted by atomic mass is 16.1. The largest absolute Gasteiger partial charge is 0.303 e. The summed E-state index contributed by atoms with van der Waals surface area (Å²) in [6.45, 7) is 6.99. The van der Waals surface area contributed by atoms with Gasteiger partial charge in [0.15, 0.2) is 5.78 Å². The van der Waals surface area contributed by atoms with E-state index in [1.807, 2.05) is 20.8 Å². The van der Waals surface area contributed by atoms with E-state index in [1.54, 1.807) is 6.08 Å². The van der Waals surface area contributed by atoms with Crippen LogP contribution in [0.3, 0.4) is 0 Å². The molecule has 0 aliphatic heterocycles. The monoisotopic (exact) mass is 168 g/mol. The maximum atomic E-state index is 11.0. The number of carbonyl (C=O) groups excluding carboxylic acids is 2. The molecule has 0 radical (unpaired) electrons. The van der Waals surface area contributed by atoms with Gasteiger partial charge in [-0.1, -0.05) is 19.9 Å². The molecular weight excluding hydrogens is 152 g/mol. The minimum atomic E-state index is -0.423. The molecule has 0 N–H and O–H groups in total. The van der Waals surface area contributed by atoms with Crippen LogP contribution in [0, 0.1) is 5.41 Å². The molecule has 0 aliphatic carbocycles. The Kier molecular flexibility index (Phi) is 3.87. The van der Waals surface area contributed by atoms with E-state index in [1.165, 1.54) is 6.92 Å². The number of Topliss-reactive ketones (excluding diaryl/α,β-unsaturated/α-hetero) is 1. The van der Waals surface area contributed by atoms with E-state index in [0.717, 1.165) is 11.9 Å². The summed E-state index contributed by atoms with van der Waals surface area (Å²) in [7, 11) is 0. The first-order valence-electron chi connectivity index (χ1n) is 4.05. The maximum absolute atomic E-state index is 11.0. The van der Waals surface area contributed by atoms with Crippen molar-refractivity contribution in [2.24, 2.45) is 5.41 Å². The molecule has 0 aromatic rings. The predicted octanol–water partition coefficient (Wildman–Crippen LogP) is 2.14. The van der Waals surface area contributed by atoms with E-state index in [-0.39, 0.29) is 5.78 Å². The van der Waals surface area contributed by atoms with Crippen LogP contribution in [0.4, 0.5) is 0 Å². The molecule has 0 fully saturated rings. The van der Waals surface area contributed by atoms with Crippen molar-refractivity contribution in [3.8, 4) is 0 Å². The zero-order chi connectivity index (χ0) is 9.78. The van der Waals surface area contributed by atoms with Crippen LogP contribution >= 0.6 is 0 Å². The third-order valence-electron chi connectivity index (χ3n) is 1.77. The van der Waals surface area contributed by atoms with E-state index in [0.29, 0.717) is 6.42 Å². The third kappa shape index (κ3) is 3.46. The second-order valence-electron chi connectivity index (χ2n) is 3.65. The number of hydrogen-bond acceptors (Lipinski definition) is 2. The van der Waals surface area contributed by atoms with Gasteiger partial charge in [-0.05, 0) is 25.8 Å². The average molecular weight is 168 g/mol. The number of rotatable bonds is 4. The predicted molar refractivity (Wildman–Crippen MR) is 48.9 cm³/mol. The highest BCUT2D eigenvalue weighted by Crippen LogP contribution is 2.22. The number of ketones is 1. The molecular formula is C10H16O2. The Balaban J connectivity index is 4.43. The van der Waals surface area contributed by atoms with Gasteiger partial charge in [-0.3, -0.25) is 4.79 Å². The van der Waals surface area contributed by atoms with Gasteiger partial charge in [0.25, 0.3) is 0 Å². The quantitative estimate of drug-likeness (QED) is 0.476. The van der Waals surface area contributed by atoms with Crippen molar-refractivity contribution in [1.82, 2.24) is 0 Å². The molecule has 2 heteroatoms. The van der Waals surface area contributed by atoms with Gasteiger partial charge in [0, 0.05) is 5.41 Å². The van der Waals surface area contributed by atoms with Crippen LogP contribution in [0.5, 0.6) is 0 Å². The molecule has 0 atom stereocenters. The first-order valence-corrected chi connectivity index (χ1v) is 4.05. The Morgan fingerprint density at radius 2 is 1.92 bits per heavy atom. The molecule has 0 spiro atoms. The van der Waals surface area contributed by atoms with Crippen LogP contribution in [0.2, 0.25) is 0 Å². The zero-order valence-electron chi connectivity index (χ0n) is 8.18. The fourth-order valence-corrected chi connectivity index (χ4v) is 0.962. The molecule has 0 rings (SSSR count). The summed E-state index contributed by atoms with van der Waals surface area (Å²) in [5, 5.41) is 0. The van der Waals surface area contributed by atoms with Gasteiger partial charge < -0.3 is 4.79 Å². The van der Waals surface area contributed by atoms with Crippen LogP contribution < -0.4 is 0 Å². The second kappa shape index (κ2) is 4.19. The molecule has 68 valence electrons. The van der Waals surface area contributed by atoms with Gasteiger partial charge in [0.2, 0.25) is 0 Å². The van der Waals surface area contributed by atoms with Crippen LogP contribution in [-0.4, -0.2) is 12.1 Å². The molecule has 0 aromatic carbocycles. The summed E-state index contributed by atoms with van der Waals surface area (Å²) in [5.74, 6) is 0.0485. The Morgan fingerprint density at radius 1 is 1.42 bits per heavy atom. The molecule has 12 heavy (non-hydrogen) atoms. The molecule has 0 aliphatic rings. The Hall–Kier alpha value is -0.920. The lowest BCUT2D eigenvalue weighted by molar-refractivity contribution is -0.115. The summed E-state index contributed by atoms with van der Waals surface area (Å²) in [5.41, 5.74) is 0.306. The van der Waals surface area contributed by atoms with Crippen molar-refractivity contribution in [2.45, 2.75) is 34.1 Å². The van der Waals surface area contributed by atoms with Gasteiger partial charge in [-0.2, -0.15) is 0 Å².